The fourth-order valence-electron chi connectivity index (χ4n) is 2.61. The van der Waals surface area contributed by atoms with Gasteiger partial charge >= 0.3 is 18.1 Å². The molecule has 9 heteroatoms. The molecule has 2 N–H and O–H groups in total. The number of piperazine rings is 1. The van der Waals surface area contributed by atoms with Crippen molar-refractivity contribution in [3.63, 3.8) is 0 Å². The van der Waals surface area contributed by atoms with E-state index < -0.39 is 5.97 Å². The highest BCUT2D eigenvalue weighted by molar-refractivity contribution is 5.93. The van der Waals surface area contributed by atoms with Gasteiger partial charge in [0.15, 0.2) is 0 Å². The summed E-state index contributed by atoms with van der Waals surface area (Å²) in [6.45, 7) is 7.11. The van der Waals surface area contributed by atoms with Gasteiger partial charge in [-0.1, -0.05) is 0 Å². The summed E-state index contributed by atoms with van der Waals surface area (Å²) in [6.07, 6.45) is -0.307. The number of hydrogen-bond donors (Lipinski definition) is 2. The molecule has 0 aliphatic carbocycles. The van der Waals surface area contributed by atoms with Crippen LogP contribution in [-0.4, -0.2) is 80.4 Å². The van der Waals surface area contributed by atoms with Gasteiger partial charge in [0.05, 0.1) is 25.3 Å². The Morgan fingerprint density at radius 1 is 1.08 bits per heavy atom. The van der Waals surface area contributed by atoms with Crippen molar-refractivity contribution in [2.45, 2.75) is 13.8 Å². The van der Waals surface area contributed by atoms with E-state index in [2.05, 4.69) is 15.5 Å². The lowest BCUT2D eigenvalue weighted by atomic mass is 10.1. The van der Waals surface area contributed by atoms with Crippen LogP contribution in [0.1, 0.15) is 13.8 Å². The highest BCUT2D eigenvalue weighted by Crippen LogP contribution is 2.12. The van der Waals surface area contributed by atoms with Crippen LogP contribution in [0.4, 0.5) is 9.59 Å². The van der Waals surface area contributed by atoms with Crippen molar-refractivity contribution in [2.24, 2.45) is 0 Å². The minimum absolute atomic E-state index is 0.156. The quantitative estimate of drug-likeness (QED) is 0.678. The monoisotopic (exact) mass is 340 g/mol. The third-order valence-corrected chi connectivity index (χ3v) is 3.86. The van der Waals surface area contributed by atoms with Gasteiger partial charge in [0.1, 0.15) is 0 Å². The molecule has 3 amide bonds. The van der Waals surface area contributed by atoms with Crippen LogP contribution in [0.3, 0.4) is 0 Å². The summed E-state index contributed by atoms with van der Waals surface area (Å²) >= 11 is 0. The summed E-state index contributed by atoms with van der Waals surface area (Å²) < 4.78 is 10.0. The average molecular weight is 340 g/mol. The van der Waals surface area contributed by atoms with Crippen LogP contribution in [0, 0.1) is 0 Å². The molecular weight excluding hydrogens is 316 g/mol. The molecule has 9 nitrogen and oxygen atoms in total. The molecule has 0 unspecified atom stereocenters. The topological polar surface area (TPSA) is 100 Å². The fraction of sp³-hybridized carbons (Fsp3) is 0.667. The predicted molar refractivity (Wildman–Crippen MR) is 85.2 cm³/mol. The predicted octanol–water partition coefficient (Wildman–Crippen LogP) is -0.109. The molecule has 24 heavy (non-hydrogen) atoms. The Bertz CT molecular complexity index is 526. The summed E-state index contributed by atoms with van der Waals surface area (Å²) in [5, 5.41) is 5.27. The second-order valence-corrected chi connectivity index (χ2v) is 5.45. The molecule has 0 saturated carbocycles. The number of carbonyl (C=O) groups excluding carboxylic acids is 3. The summed E-state index contributed by atoms with van der Waals surface area (Å²) in [5.41, 5.74) is 0.992. The molecular formula is C15H24N4O5. The number of hydrogen-bond acceptors (Lipinski definition) is 6. The van der Waals surface area contributed by atoms with Crippen LogP contribution in [0.15, 0.2) is 11.3 Å². The Morgan fingerprint density at radius 3 is 2.38 bits per heavy atom. The van der Waals surface area contributed by atoms with E-state index in [1.165, 1.54) is 0 Å². The number of carbonyl (C=O) groups is 3. The van der Waals surface area contributed by atoms with Crippen molar-refractivity contribution in [3.05, 3.63) is 11.3 Å². The van der Waals surface area contributed by atoms with Crippen molar-refractivity contribution in [3.8, 4) is 0 Å². The number of rotatable bonds is 5. The van der Waals surface area contributed by atoms with E-state index in [9.17, 15) is 14.4 Å². The van der Waals surface area contributed by atoms with Crippen molar-refractivity contribution in [1.82, 2.24) is 20.4 Å². The normalized spacial score (nSPS) is 18.8. The van der Waals surface area contributed by atoms with Gasteiger partial charge in [-0.05, 0) is 13.8 Å². The van der Waals surface area contributed by atoms with E-state index in [0.717, 1.165) is 0 Å². The van der Waals surface area contributed by atoms with Crippen LogP contribution >= 0.6 is 0 Å². The number of ether oxygens (including phenoxy) is 2. The molecule has 2 rings (SSSR count). The second-order valence-electron chi connectivity index (χ2n) is 5.45. The zero-order valence-corrected chi connectivity index (χ0v) is 14.1. The summed E-state index contributed by atoms with van der Waals surface area (Å²) in [6, 6.07) is -0.330. The van der Waals surface area contributed by atoms with Gasteiger partial charge < -0.3 is 25.0 Å². The number of urea groups is 1. The SMILES string of the molecule is CCOC(=O)C1=C(CN2CCN(C(=O)OCC)CC2)NC(=O)NC1. The lowest BCUT2D eigenvalue weighted by Crippen LogP contribution is -2.52. The fourth-order valence-corrected chi connectivity index (χ4v) is 2.61. The number of nitrogens with zero attached hydrogens (tertiary/aromatic N) is 2. The maximum absolute atomic E-state index is 12.0. The molecule has 1 saturated heterocycles. The number of amides is 3. The van der Waals surface area contributed by atoms with Crippen LogP contribution in [0.5, 0.6) is 0 Å². The Kier molecular flexibility index (Phi) is 6.42. The van der Waals surface area contributed by atoms with Crippen molar-refractivity contribution in [2.75, 3.05) is 52.5 Å². The zero-order chi connectivity index (χ0) is 17.5. The molecule has 1 fully saturated rings. The lowest BCUT2D eigenvalue weighted by molar-refractivity contribution is -0.138. The summed E-state index contributed by atoms with van der Waals surface area (Å²) in [7, 11) is 0. The standard InChI is InChI=1S/C15H24N4O5/c1-3-23-13(20)11-9-16-14(21)17-12(11)10-18-5-7-19(8-6-18)15(22)24-4-2/h3-10H2,1-2H3,(H2,16,17,21). The smallest absolute Gasteiger partial charge is 0.409 e. The van der Waals surface area contributed by atoms with Gasteiger partial charge in [-0.2, -0.15) is 0 Å². The summed E-state index contributed by atoms with van der Waals surface area (Å²) in [5.74, 6) is -0.426. The Morgan fingerprint density at radius 2 is 1.75 bits per heavy atom. The minimum Gasteiger partial charge on any atom is -0.463 e. The van der Waals surface area contributed by atoms with Gasteiger partial charge in [-0.25, -0.2) is 14.4 Å². The van der Waals surface area contributed by atoms with Crippen LogP contribution in [-0.2, 0) is 14.3 Å². The van der Waals surface area contributed by atoms with Crippen molar-refractivity contribution in [1.29, 1.82) is 0 Å². The molecule has 2 aliphatic heterocycles. The molecule has 0 atom stereocenters. The Balaban J connectivity index is 1.96. The van der Waals surface area contributed by atoms with E-state index in [1.807, 2.05) is 0 Å². The van der Waals surface area contributed by atoms with E-state index in [1.54, 1.807) is 18.7 Å². The first kappa shape index (κ1) is 18.1. The molecule has 0 aromatic heterocycles. The first-order valence-electron chi connectivity index (χ1n) is 8.13. The highest BCUT2D eigenvalue weighted by atomic mass is 16.6. The molecule has 0 spiro atoms. The van der Waals surface area contributed by atoms with Gasteiger partial charge in [-0.3, -0.25) is 4.90 Å². The maximum atomic E-state index is 12.0. The first-order chi connectivity index (χ1) is 11.5. The van der Waals surface area contributed by atoms with Gasteiger partial charge in [-0.15, -0.1) is 0 Å². The van der Waals surface area contributed by atoms with E-state index in [-0.39, 0.29) is 25.3 Å². The molecule has 0 bridgehead atoms. The summed E-state index contributed by atoms with van der Waals surface area (Å²) in [4.78, 5) is 39.0. The third kappa shape index (κ3) is 4.60. The van der Waals surface area contributed by atoms with Crippen LogP contribution < -0.4 is 10.6 Å². The zero-order valence-electron chi connectivity index (χ0n) is 14.1. The number of nitrogens with one attached hydrogen (secondary N) is 2. The van der Waals surface area contributed by atoms with Crippen molar-refractivity contribution < 1.29 is 23.9 Å². The molecule has 134 valence electrons. The lowest BCUT2D eigenvalue weighted by Gasteiger charge is -2.35. The minimum atomic E-state index is -0.426. The largest absolute Gasteiger partial charge is 0.463 e. The first-order valence-corrected chi connectivity index (χ1v) is 8.13. The third-order valence-electron chi connectivity index (χ3n) is 3.86. The van der Waals surface area contributed by atoms with E-state index in [0.29, 0.717) is 50.6 Å². The Labute approximate surface area is 140 Å². The van der Waals surface area contributed by atoms with E-state index >= 15 is 0 Å². The van der Waals surface area contributed by atoms with Gasteiger partial charge in [0.2, 0.25) is 0 Å². The highest BCUT2D eigenvalue weighted by Gasteiger charge is 2.27. The van der Waals surface area contributed by atoms with Crippen LogP contribution in [0.25, 0.3) is 0 Å². The van der Waals surface area contributed by atoms with Crippen molar-refractivity contribution >= 4 is 18.1 Å². The average Bonchev–Trinajstić information content (AvgIpc) is 2.56. The van der Waals surface area contributed by atoms with Crippen LogP contribution in [0.2, 0.25) is 0 Å². The molecule has 0 radical (unpaired) electrons. The molecule has 2 aliphatic rings. The molecule has 0 aromatic rings. The van der Waals surface area contributed by atoms with E-state index in [4.69, 9.17) is 9.47 Å². The van der Waals surface area contributed by atoms with Gasteiger partial charge in [0, 0.05) is 38.4 Å². The van der Waals surface area contributed by atoms with Gasteiger partial charge in [0.25, 0.3) is 0 Å². The molecule has 0 aromatic carbocycles. The molecule has 2 heterocycles. The maximum Gasteiger partial charge on any atom is 0.409 e. The second kappa shape index (κ2) is 8.53. The Hall–Kier alpha value is -2.29. The number of esters is 1.